The molecule has 0 bridgehead atoms. The van der Waals surface area contributed by atoms with E-state index in [9.17, 15) is 0 Å². The summed E-state index contributed by atoms with van der Waals surface area (Å²) in [7, 11) is 0. The van der Waals surface area contributed by atoms with E-state index < -0.39 is 0 Å². The molecule has 2 nitrogen and oxygen atoms in total. The number of halogens is 1. The molecule has 0 amide bonds. The van der Waals surface area contributed by atoms with Crippen molar-refractivity contribution in [3.05, 3.63) is 27.7 Å². The number of hydrogen-bond donors (Lipinski definition) is 1. The van der Waals surface area contributed by atoms with Crippen LogP contribution in [-0.4, -0.2) is 18.7 Å². The quantitative estimate of drug-likeness (QED) is 0.915. The summed E-state index contributed by atoms with van der Waals surface area (Å²) in [5.74, 6) is 1.79. The predicted molar refractivity (Wildman–Crippen MR) is 81.9 cm³/mol. The van der Waals surface area contributed by atoms with E-state index in [0.29, 0.717) is 5.92 Å². The summed E-state index contributed by atoms with van der Waals surface area (Å²) in [6.07, 6.45) is 4.68. The Labute approximate surface area is 124 Å². The first-order valence-corrected chi connectivity index (χ1v) is 8.09. The molecule has 0 saturated carbocycles. The van der Waals surface area contributed by atoms with Crippen LogP contribution in [0.15, 0.2) is 16.6 Å². The first kappa shape index (κ1) is 13.4. The Morgan fingerprint density at radius 3 is 2.95 bits per heavy atom. The van der Waals surface area contributed by atoms with Crippen molar-refractivity contribution >= 4 is 15.9 Å². The number of rotatable bonds is 3. The SMILES string of the molecule is CC(C)C1(Cc2cc(Br)cc3c2OCC3)CCCN1. The lowest BCUT2D eigenvalue weighted by Gasteiger charge is -2.34. The van der Waals surface area contributed by atoms with Gasteiger partial charge in [0.25, 0.3) is 0 Å². The zero-order valence-corrected chi connectivity index (χ0v) is 13.3. The Kier molecular flexibility index (Phi) is 3.61. The van der Waals surface area contributed by atoms with Crippen LogP contribution in [0.2, 0.25) is 0 Å². The van der Waals surface area contributed by atoms with Crippen LogP contribution in [0.25, 0.3) is 0 Å². The Morgan fingerprint density at radius 1 is 1.42 bits per heavy atom. The van der Waals surface area contributed by atoms with Gasteiger partial charge >= 0.3 is 0 Å². The van der Waals surface area contributed by atoms with Gasteiger partial charge in [-0.25, -0.2) is 0 Å². The maximum absolute atomic E-state index is 5.87. The third-order valence-electron chi connectivity index (χ3n) is 4.71. The van der Waals surface area contributed by atoms with Crippen LogP contribution in [0.4, 0.5) is 0 Å². The topological polar surface area (TPSA) is 21.3 Å². The minimum absolute atomic E-state index is 0.251. The van der Waals surface area contributed by atoms with Crippen LogP contribution >= 0.6 is 15.9 Å². The van der Waals surface area contributed by atoms with Gasteiger partial charge in [0.2, 0.25) is 0 Å². The second kappa shape index (κ2) is 5.10. The molecule has 3 heteroatoms. The van der Waals surface area contributed by atoms with E-state index in [2.05, 4.69) is 47.2 Å². The summed E-state index contributed by atoms with van der Waals surface area (Å²) >= 11 is 3.64. The Morgan fingerprint density at radius 2 is 2.26 bits per heavy atom. The molecule has 1 saturated heterocycles. The summed E-state index contributed by atoms with van der Waals surface area (Å²) < 4.78 is 7.05. The third kappa shape index (κ3) is 2.43. The van der Waals surface area contributed by atoms with Crippen molar-refractivity contribution in [3.63, 3.8) is 0 Å². The highest BCUT2D eigenvalue weighted by Gasteiger charge is 2.37. The van der Waals surface area contributed by atoms with Crippen LogP contribution < -0.4 is 10.1 Å². The summed E-state index contributed by atoms with van der Waals surface area (Å²) in [4.78, 5) is 0. The Hall–Kier alpha value is -0.540. The normalized spacial score (nSPS) is 25.7. The van der Waals surface area contributed by atoms with Gasteiger partial charge in [-0.1, -0.05) is 29.8 Å². The van der Waals surface area contributed by atoms with Crippen LogP contribution in [0.3, 0.4) is 0 Å². The molecule has 1 atom stereocenters. The van der Waals surface area contributed by atoms with Crippen LogP contribution in [0, 0.1) is 5.92 Å². The fourth-order valence-electron chi connectivity index (χ4n) is 3.49. The molecule has 1 unspecified atom stereocenters. The molecule has 19 heavy (non-hydrogen) atoms. The van der Waals surface area contributed by atoms with E-state index in [1.54, 1.807) is 0 Å². The molecule has 1 N–H and O–H groups in total. The maximum Gasteiger partial charge on any atom is 0.125 e. The number of hydrogen-bond acceptors (Lipinski definition) is 2. The average Bonchev–Trinajstić information content (AvgIpc) is 2.97. The Bertz CT molecular complexity index is 478. The van der Waals surface area contributed by atoms with E-state index in [1.165, 1.54) is 28.4 Å². The lowest BCUT2D eigenvalue weighted by Crippen LogP contribution is -2.46. The van der Waals surface area contributed by atoms with Crippen molar-refractivity contribution in [2.45, 2.75) is 45.1 Å². The van der Waals surface area contributed by atoms with Crippen molar-refractivity contribution < 1.29 is 4.74 Å². The third-order valence-corrected chi connectivity index (χ3v) is 5.17. The first-order chi connectivity index (χ1) is 9.11. The average molecular weight is 324 g/mol. The summed E-state index contributed by atoms with van der Waals surface area (Å²) in [5, 5.41) is 3.76. The van der Waals surface area contributed by atoms with E-state index in [1.807, 2.05) is 0 Å². The molecule has 2 aliphatic heterocycles. The van der Waals surface area contributed by atoms with Gasteiger partial charge in [0.15, 0.2) is 0 Å². The van der Waals surface area contributed by atoms with E-state index in [-0.39, 0.29) is 5.54 Å². The van der Waals surface area contributed by atoms with Crippen LogP contribution in [0.5, 0.6) is 5.75 Å². The lowest BCUT2D eigenvalue weighted by atomic mass is 9.79. The highest BCUT2D eigenvalue weighted by atomic mass is 79.9. The molecule has 0 radical (unpaired) electrons. The van der Waals surface area contributed by atoms with Crippen LogP contribution in [0.1, 0.15) is 37.8 Å². The standard InChI is InChI=1S/C16H22BrNO/c1-11(2)16(5-3-6-18-16)10-13-9-14(17)8-12-4-7-19-15(12)13/h8-9,11,18H,3-7,10H2,1-2H3. The zero-order chi connectivity index (χ0) is 13.5. The molecular weight excluding hydrogens is 302 g/mol. The molecule has 0 aliphatic carbocycles. The zero-order valence-electron chi connectivity index (χ0n) is 11.8. The molecule has 2 aliphatic rings. The van der Waals surface area contributed by atoms with E-state index in [0.717, 1.165) is 31.7 Å². The Balaban J connectivity index is 1.95. The lowest BCUT2D eigenvalue weighted by molar-refractivity contribution is 0.264. The maximum atomic E-state index is 5.87. The fraction of sp³-hybridized carbons (Fsp3) is 0.625. The molecular formula is C16H22BrNO. The van der Waals surface area contributed by atoms with Crippen molar-refractivity contribution in [2.75, 3.05) is 13.2 Å². The monoisotopic (exact) mass is 323 g/mol. The second-order valence-electron chi connectivity index (χ2n) is 6.17. The minimum Gasteiger partial charge on any atom is -0.493 e. The highest BCUT2D eigenvalue weighted by molar-refractivity contribution is 9.10. The number of ether oxygens (including phenoxy) is 1. The number of benzene rings is 1. The molecule has 1 fully saturated rings. The molecule has 3 rings (SSSR count). The molecule has 104 valence electrons. The smallest absolute Gasteiger partial charge is 0.125 e. The fourth-order valence-corrected chi connectivity index (χ4v) is 4.05. The van der Waals surface area contributed by atoms with Gasteiger partial charge in [-0.05, 0) is 55.0 Å². The van der Waals surface area contributed by atoms with Crippen molar-refractivity contribution in [1.82, 2.24) is 5.32 Å². The minimum atomic E-state index is 0.251. The predicted octanol–water partition coefficient (Wildman–Crippen LogP) is 3.70. The van der Waals surface area contributed by atoms with Crippen molar-refractivity contribution in [2.24, 2.45) is 5.92 Å². The second-order valence-corrected chi connectivity index (χ2v) is 7.09. The number of nitrogens with one attached hydrogen (secondary N) is 1. The van der Waals surface area contributed by atoms with E-state index in [4.69, 9.17) is 4.74 Å². The van der Waals surface area contributed by atoms with Gasteiger partial charge in [0.05, 0.1) is 6.61 Å². The number of fused-ring (bicyclic) bond motifs is 1. The molecule has 2 heterocycles. The van der Waals surface area contributed by atoms with Gasteiger partial charge in [-0.15, -0.1) is 0 Å². The summed E-state index contributed by atoms with van der Waals surface area (Å²) in [6, 6.07) is 4.45. The summed E-state index contributed by atoms with van der Waals surface area (Å²) in [5.41, 5.74) is 2.98. The van der Waals surface area contributed by atoms with Crippen molar-refractivity contribution in [1.29, 1.82) is 0 Å². The highest BCUT2D eigenvalue weighted by Crippen LogP contribution is 2.38. The molecule has 0 spiro atoms. The molecule has 1 aromatic carbocycles. The first-order valence-electron chi connectivity index (χ1n) is 7.30. The van der Waals surface area contributed by atoms with Crippen molar-refractivity contribution in [3.8, 4) is 5.75 Å². The molecule has 1 aromatic rings. The van der Waals surface area contributed by atoms with Gasteiger partial charge < -0.3 is 10.1 Å². The summed E-state index contributed by atoms with van der Waals surface area (Å²) in [6.45, 7) is 6.64. The van der Waals surface area contributed by atoms with Gasteiger partial charge in [-0.2, -0.15) is 0 Å². The van der Waals surface area contributed by atoms with Crippen LogP contribution in [-0.2, 0) is 12.8 Å². The largest absolute Gasteiger partial charge is 0.493 e. The van der Waals surface area contributed by atoms with Gasteiger partial charge in [-0.3, -0.25) is 0 Å². The molecule has 0 aromatic heterocycles. The van der Waals surface area contributed by atoms with Gasteiger partial charge in [0.1, 0.15) is 5.75 Å². The van der Waals surface area contributed by atoms with E-state index >= 15 is 0 Å². The van der Waals surface area contributed by atoms with Gasteiger partial charge in [0, 0.05) is 16.4 Å².